The van der Waals surface area contributed by atoms with Crippen LogP contribution in [0.1, 0.15) is 38.2 Å². The number of hydrogen-bond acceptors (Lipinski definition) is 2. The summed E-state index contributed by atoms with van der Waals surface area (Å²) in [6.07, 6.45) is 2.85. The van der Waals surface area contributed by atoms with Gasteiger partial charge >= 0.3 is 0 Å². The Morgan fingerprint density at radius 2 is 2.00 bits per heavy atom. The molecule has 0 heterocycles. The van der Waals surface area contributed by atoms with Crippen molar-refractivity contribution >= 4 is 0 Å². The molecule has 0 spiro atoms. The third-order valence-corrected chi connectivity index (χ3v) is 2.66. The van der Waals surface area contributed by atoms with Crippen molar-refractivity contribution < 1.29 is 9.47 Å². The summed E-state index contributed by atoms with van der Waals surface area (Å²) in [5.74, 6) is 2.39. The van der Waals surface area contributed by atoms with E-state index in [2.05, 4.69) is 19.9 Å². The molecule has 0 amide bonds. The zero-order chi connectivity index (χ0) is 10.8. The molecule has 15 heavy (non-hydrogen) atoms. The number of hydrogen-bond donors (Lipinski definition) is 0. The third-order valence-electron chi connectivity index (χ3n) is 2.66. The Hall–Kier alpha value is -1.18. The fourth-order valence-corrected chi connectivity index (χ4v) is 1.58. The van der Waals surface area contributed by atoms with E-state index in [0.717, 1.165) is 11.5 Å². The number of methoxy groups -OCH3 is 1. The number of rotatable bonds is 4. The second-order valence-corrected chi connectivity index (χ2v) is 4.38. The lowest BCUT2D eigenvalue weighted by molar-refractivity contribution is 0.298. The van der Waals surface area contributed by atoms with Gasteiger partial charge in [0.15, 0.2) is 0 Å². The summed E-state index contributed by atoms with van der Waals surface area (Å²) in [6.45, 7) is 4.35. The molecule has 0 N–H and O–H groups in total. The van der Waals surface area contributed by atoms with Gasteiger partial charge in [0.05, 0.1) is 13.2 Å². The molecule has 1 aromatic rings. The van der Waals surface area contributed by atoms with Gasteiger partial charge in [-0.1, -0.05) is 13.8 Å². The SMILES string of the molecule is COc1ccc(OC2CC2)c(C(C)C)c1. The molecular weight excluding hydrogens is 188 g/mol. The third kappa shape index (κ3) is 2.44. The Morgan fingerprint density at radius 1 is 1.27 bits per heavy atom. The van der Waals surface area contributed by atoms with E-state index in [4.69, 9.17) is 9.47 Å². The van der Waals surface area contributed by atoms with E-state index in [1.807, 2.05) is 12.1 Å². The highest BCUT2D eigenvalue weighted by atomic mass is 16.5. The van der Waals surface area contributed by atoms with Gasteiger partial charge < -0.3 is 9.47 Å². The van der Waals surface area contributed by atoms with Gasteiger partial charge in [0.25, 0.3) is 0 Å². The van der Waals surface area contributed by atoms with Crippen molar-refractivity contribution in [3.05, 3.63) is 23.8 Å². The van der Waals surface area contributed by atoms with Gasteiger partial charge in [-0.25, -0.2) is 0 Å². The molecule has 0 atom stereocenters. The van der Waals surface area contributed by atoms with Crippen molar-refractivity contribution in [1.29, 1.82) is 0 Å². The maximum absolute atomic E-state index is 5.86. The highest BCUT2D eigenvalue weighted by Crippen LogP contribution is 2.34. The maximum atomic E-state index is 5.86. The molecule has 1 saturated carbocycles. The number of benzene rings is 1. The van der Waals surface area contributed by atoms with Gasteiger partial charge in [-0.2, -0.15) is 0 Å². The Labute approximate surface area is 91.2 Å². The normalized spacial score (nSPS) is 15.5. The molecule has 0 aliphatic heterocycles. The van der Waals surface area contributed by atoms with Crippen LogP contribution in [0.4, 0.5) is 0 Å². The minimum atomic E-state index is 0.455. The summed E-state index contributed by atoms with van der Waals surface area (Å²) in [5.41, 5.74) is 1.24. The van der Waals surface area contributed by atoms with Crippen molar-refractivity contribution in [3.8, 4) is 11.5 Å². The molecule has 1 aliphatic carbocycles. The van der Waals surface area contributed by atoms with E-state index >= 15 is 0 Å². The fraction of sp³-hybridized carbons (Fsp3) is 0.538. The minimum Gasteiger partial charge on any atom is -0.497 e. The Kier molecular flexibility index (Phi) is 2.85. The van der Waals surface area contributed by atoms with E-state index in [1.54, 1.807) is 7.11 Å². The molecule has 0 aromatic heterocycles. The molecule has 0 radical (unpaired) electrons. The summed E-state index contributed by atoms with van der Waals surface area (Å²) in [7, 11) is 1.70. The molecule has 82 valence electrons. The van der Waals surface area contributed by atoms with Gasteiger partial charge in [-0.3, -0.25) is 0 Å². The van der Waals surface area contributed by atoms with Crippen LogP contribution in [0.3, 0.4) is 0 Å². The molecule has 0 saturated heterocycles. The van der Waals surface area contributed by atoms with Crippen molar-refractivity contribution in [2.24, 2.45) is 0 Å². The monoisotopic (exact) mass is 206 g/mol. The molecule has 0 unspecified atom stereocenters. The molecule has 0 bridgehead atoms. The molecule has 2 heteroatoms. The van der Waals surface area contributed by atoms with Crippen LogP contribution in [0.25, 0.3) is 0 Å². The summed E-state index contributed by atoms with van der Waals surface area (Å²) < 4.78 is 11.1. The highest BCUT2D eigenvalue weighted by molar-refractivity contribution is 5.42. The first-order valence-corrected chi connectivity index (χ1v) is 5.55. The predicted molar refractivity (Wildman–Crippen MR) is 60.7 cm³/mol. The molecular formula is C13H18O2. The standard InChI is InChI=1S/C13H18O2/c1-9(2)12-8-11(14-3)6-7-13(12)15-10-4-5-10/h6-10H,4-5H2,1-3H3. The van der Waals surface area contributed by atoms with E-state index in [1.165, 1.54) is 18.4 Å². The average Bonchev–Trinajstić information content (AvgIpc) is 3.02. The zero-order valence-corrected chi connectivity index (χ0v) is 9.62. The molecule has 2 nitrogen and oxygen atoms in total. The van der Waals surface area contributed by atoms with Crippen molar-refractivity contribution in [2.75, 3.05) is 7.11 Å². The van der Waals surface area contributed by atoms with Gasteiger partial charge in [-0.15, -0.1) is 0 Å². The lowest BCUT2D eigenvalue weighted by Gasteiger charge is -2.14. The van der Waals surface area contributed by atoms with Crippen LogP contribution in [-0.2, 0) is 0 Å². The van der Waals surface area contributed by atoms with E-state index in [0.29, 0.717) is 12.0 Å². The second-order valence-electron chi connectivity index (χ2n) is 4.38. The lowest BCUT2D eigenvalue weighted by Crippen LogP contribution is -2.01. The van der Waals surface area contributed by atoms with Crippen LogP contribution in [0.15, 0.2) is 18.2 Å². The first-order valence-electron chi connectivity index (χ1n) is 5.55. The smallest absolute Gasteiger partial charge is 0.123 e. The first-order chi connectivity index (χ1) is 7.20. The van der Waals surface area contributed by atoms with E-state index < -0.39 is 0 Å². The fourth-order valence-electron chi connectivity index (χ4n) is 1.58. The Bertz CT molecular complexity index is 340. The van der Waals surface area contributed by atoms with Crippen LogP contribution in [-0.4, -0.2) is 13.2 Å². The summed E-state index contributed by atoms with van der Waals surface area (Å²) in [6, 6.07) is 6.05. The quantitative estimate of drug-likeness (QED) is 0.752. The first kappa shape index (κ1) is 10.3. The molecule has 2 rings (SSSR count). The molecule has 1 fully saturated rings. The van der Waals surface area contributed by atoms with Crippen LogP contribution < -0.4 is 9.47 Å². The Balaban J connectivity index is 2.25. The van der Waals surface area contributed by atoms with Crippen molar-refractivity contribution in [2.45, 2.75) is 38.7 Å². The van der Waals surface area contributed by atoms with E-state index in [-0.39, 0.29) is 0 Å². The van der Waals surface area contributed by atoms with Crippen LogP contribution in [0.5, 0.6) is 11.5 Å². The van der Waals surface area contributed by atoms with Crippen LogP contribution >= 0.6 is 0 Å². The highest BCUT2D eigenvalue weighted by Gasteiger charge is 2.25. The van der Waals surface area contributed by atoms with Crippen molar-refractivity contribution in [1.82, 2.24) is 0 Å². The molecule has 1 aromatic carbocycles. The maximum Gasteiger partial charge on any atom is 0.123 e. The van der Waals surface area contributed by atoms with Crippen LogP contribution in [0, 0.1) is 0 Å². The average molecular weight is 206 g/mol. The van der Waals surface area contributed by atoms with Crippen molar-refractivity contribution in [3.63, 3.8) is 0 Å². The molecule has 1 aliphatic rings. The Morgan fingerprint density at radius 3 is 2.53 bits per heavy atom. The van der Waals surface area contributed by atoms with E-state index in [9.17, 15) is 0 Å². The minimum absolute atomic E-state index is 0.455. The summed E-state index contributed by atoms with van der Waals surface area (Å²) in [4.78, 5) is 0. The van der Waals surface area contributed by atoms with Gasteiger partial charge in [0.1, 0.15) is 11.5 Å². The van der Waals surface area contributed by atoms with Gasteiger partial charge in [-0.05, 0) is 37.0 Å². The summed E-state index contributed by atoms with van der Waals surface area (Å²) in [5, 5.41) is 0. The van der Waals surface area contributed by atoms with Gasteiger partial charge in [0, 0.05) is 5.56 Å². The van der Waals surface area contributed by atoms with Crippen LogP contribution in [0.2, 0.25) is 0 Å². The second kappa shape index (κ2) is 4.13. The lowest BCUT2D eigenvalue weighted by atomic mass is 10.0. The largest absolute Gasteiger partial charge is 0.497 e. The topological polar surface area (TPSA) is 18.5 Å². The summed E-state index contributed by atoms with van der Waals surface area (Å²) >= 11 is 0. The zero-order valence-electron chi connectivity index (χ0n) is 9.62. The van der Waals surface area contributed by atoms with Gasteiger partial charge in [0.2, 0.25) is 0 Å². The number of ether oxygens (including phenoxy) is 2. The predicted octanol–water partition coefficient (Wildman–Crippen LogP) is 3.36.